The number of carbonyl (C=O) groups excluding carboxylic acids is 3. The van der Waals surface area contributed by atoms with Crippen molar-refractivity contribution in [1.82, 2.24) is 0 Å². The summed E-state index contributed by atoms with van der Waals surface area (Å²) in [6.07, 6.45) is 1.75. The van der Waals surface area contributed by atoms with Crippen molar-refractivity contribution in [2.75, 3.05) is 0 Å². The Kier molecular flexibility index (Phi) is 6.56. The standard InChI is InChI=1S/C30H42O7/c1-15(10-17(31)11-16(2)26(36)37)18-12-23(35)30(7)25-19(32)13-21-27(3,4)22(34)8-9-28(21,5)24(25)20(33)14-29(18,30)6/h11,15,17-18,21-22,31,34H,8-10,12-14H2,1-7H3,(H,36,37)/b16-11+/t15-,17-,18-,21+,22+,28+,29-,30+/m1/s1. The maximum Gasteiger partial charge on any atom is 0.331 e. The van der Waals surface area contributed by atoms with Crippen molar-refractivity contribution in [3.63, 3.8) is 0 Å². The Hall–Kier alpha value is -2.12. The van der Waals surface area contributed by atoms with Gasteiger partial charge in [-0.1, -0.05) is 34.6 Å². The maximum absolute atomic E-state index is 14.0. The molecule has 0 aromatic rings. The van der Waals surface area contributed by atoms with Crippen LogP contribution < -0.4 is 0 Å². The van der Waals surface area contributed by atoms with E-state index in [1.54, 1.807) is 0 Å². The number of carbonyl (C=O) groups is 4. The number of aliphatic hydroxyl groups is 2. The first-order valence-corrected chi connectivity index (χ1v) is 13.6. The summed E-state index contributed by atoms with van der Waals surface area (Å²) in [5, 5.41) is 30.4. The molecule has 204 valence electrons. The average molecular weight is 515 g/mol. The molecule has 0 bridgehead atoms. The number of Topliss-reactive ketones (excluding diaryl/α,β-unsaturated/α-hetero) is 3. The molecule has 0 heterocycles. The predicted molar refractivity (Wildman–Crippen MR) is 137 cm³/mol. The van der Waals surface area contributed by atoms with Crippen LogP contribution >= 0.6 is 0 Å². The average Bonchev–Trinajstić information content (AvgIpc) is 2.99. The normalized spacial score (nSPS) is 41.2. The Morgan fingerprint density at radius 1 is 1.05 bits per heavy atom. The van der Waals surface area contributed by atoms with Gasteiger partial charge in [-0.25, -0.2) is 4.79 Å². The quantitative estimate of drug-likeness (QED) is 0.472. The van der Waals surface area contributed by atoms with Gasteiger partial charge in [-0.15, -0.1) is 0 Å². The molecular formula is C30H42O7. The first-order chi connectivity index (χ1) is 16.9. The van der Waals surface area contributed by atoms with Crippen molar-refractivity contribution < 1.29 is 34.5 Å². The number of aliphatic carboxylic acids is 1. The molecule has 4 rings (SSSR count). The monoisotopic (exact) mass is 514 g/mol. The fraction of sp³-hybridized carbons (Fsp3) is 0.733. The Morgan fingerprint density at radius 2 is 1.68 bits per heavy atom. The van der Waals surface area contributed by atoms with E-state index in [1.165, 1.54) is 13.0 Å². The minimum absolute atomic E-state index is 0.0379. The van der Waals surface area contributed by atoms with Gasteiger partial charge in [0.05, 0.1) is 17.6 Å². The number of aliphatic hydroxyl groups excluding tert-OH is 2. The highest BCUT2D eigenvalue weighted by Crippen LogP contribution is 2.70. The van der Waals surface area contributed by atoms with Crippen molar-refractivity contribution in [1.29, 1.82) is 0 Å². The van der Waals surface area contributed by atoms with Crippen LogP contribution in [-0.4, -0.2) is 50.8 Å². The third kappa shape index (κ3) is 3.75. The molecule has 2 fully saturated rings. The summed E-state index contributed by atoms with van der Waals surface area (Å²) < 4.78 is 0. The fourth-order valence-electron chi connectivity index (χ4n) is 8.80. The zero-order chi connectivity index (χ0) is 27.9. The molecular weight excluding hydrogens is 472 g/mol. The van der Waals surface area contributed by atoms with Crippen LogP contribution in [0.1, 0.15) is 87.0 Å². The van der Waals surface area contributed by atoms with E-state index in [2.05, 4.69) is 0 Å². The van der Waals surface area contributed by atoms with E-state index in [-0.39, 0.29) is 66.4 Å². The van der Waals surface area contributed by atoms with Crippen molar-refractivity contribution in [3.8, 4) is 0 Å². The number of hydrogen-bond donors (Lipinski definition) is 3. The van der Waals surface area contributed by atoms with Gasteiger partial charge in [-0.2, -0.15) is 0 Å². The number of carboxylic acids is 1. The summed E-state index contributed by atoms with van der Waals surface area (Å²) >= 11 is 0. The number of ketones is 3. The minimum Gasteiger partial charge on any atom is -0.478 e. The molecule has 2 saturated carbocycles. The van der Waals surface area contributed by atoms with Gasteiger partial charge in [0.2, 0.25) is 0 Å². The fourth-order valence-corrected chi connectivity index (χ4v) is 8.80. The summed E-state index contributed by atoms with van der Waals surface area (Å²) in [6.45, 7) is 13.1. The summed E-state index contributed by atoms with van der Waals surface area (Å²) in [6, 6.07) is 0. The number of carboxylic acid groups (broad SMARTS) is 1. The number of allylic oxidation sites excluding steroid dienone is 2. The van der Waals surface area contributed by atoms with Crippen LogP contribution in [0.4, 0.5) is 0 Å². The first kappa shape index (κ1) is 27.9. The molecule has 0 unspecified atom stereocenters. The highest BCUT2D eigenvalue weighted by atomic mass is 16.4. The molecule has 0 amide bonds. The van der Waals surface area contributed by atoms with Gasteiger partial charge >= 0.3 is 5.97 Å². The lowest BCUT2D eigenvalue weighted by atomic mass is 9.42. The van der Waals surface area contributed by atoms with Gasteiger partial charge < -0.3 is 15.3 Å². The maximum atomic E-state index is 14.0. The lowest BCUT2D eigenvalue weighted by molar-refractivity contribution is -0.145. The van der Waals surface area contributed by atoms with Gasteiger partial charge in [0.25, 0.3) is 0 Å². The molecule has 0 radical (unpaired) electrons. The van der Waals surface area contributed by atoms with Gasteiger partial charge in [-0.3, -0.25) is 14.4 Å². The molecule has 37 heavy (non-hydrogen) atoms. The zero-order valence-corrected chi connectivity index (χ0v) is 23.2. The van der Waals surface area contributed by atoms with E-state index in [9.17, 15) is 29.4 Å². The van der Waals surface area contributed by atoms with E-state index < -0.39 is 39.8 Å². The minimum atomic E-state index is -1.10. The second-order valence-corrected chi connectivity index (χ2v) is 13.5. The molecule has 0 aliphatic heterocycles. The van der Waals surface area contributed by atoms with Crippen LogP contribution in [0.5, 0.6) is 0 Å². The van der Waals surface area contributed by atoms with Crippen molar-refractivity contribution in [2.24, 2.45) is 39.4 Å². The smallest absolute Gasteiger partial charge is 0.331 e. The molecule has 0 spiro atoms. The predicted octanol–water partition coefficient (Wildman–Crippen LogP) is 4.05. The van der Waals surface area contributed by atoms with Crippen molar-refractivity contribution in [2.45, 2.75) is 99.2 Å². The van der Waals surface area contributed by atoms with E-state index in [0.29, 0.717) is 24.0 Å². The van der Waals surface area contributed by atoms with Crippen LogP contribution in [0.3, 0.4) is 0 Å². The van der Waals surface area contributed by atoms with Crippen LogP contribution in [0.2, 0.25) is 0 Å². The number of rotatable bonds is 5. The number of hydrogen-bond acceptors (Lipinski definition) is 6. The van der Waals surface area contributed by atoms with Crippen LogP contribution in [0, 0.1) is 39.4 Å². The van der Waals surface area contributed by atoms with Gasteiger partial charge in [-0.05, 0) is 67.8 Å². The topological polar surface area (TPSA) is 129 Å². The summed E-state index contributed by atoms with van der Waals surface area (Å²) in [7, 11) is 0. The molecule has 3 N–H and O–H groups in total. The number of fused-ring (bicyclic) bond motifs is 4. The Bertz CT molecular complexity index is 1130. The molecule has 0 aromatic heterocycles. The molecule has 0 aromatic carbocycles. The highest BCUT2D eigenvalue weighted by molar-refractivity contribution is 6.16. The van der Waals surface area contributed by atoms with E-state index in [1.807, 2.05) is 41.5 Å². The zero-order valence-electron chi connectivity index (χ0n) is 23.2. The molecule has 4 aliphatic rings. The Morgan fingerprint density at radius 3 is 2.27 bits per heavy atom. The molecule has 0 saturated heterocycles. The second kappa shape index (κ2) is 8.70. The second-order valence-electron chi connectivity index (χ2n) is 13.5. The Labute approximate surface area is 219 Å². The largest absolute Gasteiger partial charge is 0.478 e. The van der Waals surface area contributed by atoms with Crippen LogP contribution in [0.15, 0.2) is 22.8 Å². The van der Waals surface area contributed by atoms with Crippen molar-refractivity contribution >= 4 is 23.3 Å². The molecule has 4 aliphatic carbocycles. The summed E-state index contributed by atoms with van der Waals surface area (Å²) in [4.78, 5) is 53.0. The molecule has 7 nitrogen and oxygen atoms in total. The van der Waals surface area contributed by atoms with Crippen LogP contribution in [-0.2, 0) is 19.2 Å². The molecule has 7 heteroatoms. The third-order valence-corrected chi connectivity index (χ3v) is 11.3. The van der Waals surface area contributed by atoms with Crippen molar-refractivity contribution in [3.05, 3.63) is 22.8 Å². The third-order valence-electron chi connectivity index (χ3n) is 11.3. The summed E-state index contributed by atoms with van der Waals surface area (Å²) in [5.74, 6) is -1.95. The Balaban J connectivity index is 1.78. The van der Waals surface area contributed by atoms with Gasteiger partial charge in [0, 0.05) is 41.4 Å². The lowest BCUT2D eigenvalue weighted by Gasteiger charge is -2.60. The van der Waals surface area contributed by atoms with E-state index >= 15 is 0 Å². The van der Waals surface area contributed by atoms with Crippen LogP contribution in [0.25, 0.3) is 0 Å². The molecule has 8 atom stereocenters. The van der Waals surface area contributed by atoms with E-state index in [4.69, 9.17) is 5.11 Å². The lowest BCUT2D eigenvalue weighted by Crippen LogP contribution is -2.59. The first-order valence-electron chi connectivity index (χ1n) is 13.6. The van der Waals surface area contributed by atoms with Gasteiger partial charge in [0.1, 0.15) is 5.78 Å². The SMILES string of the molecule is C/C(=C\[C@H](O)C[C@@H](C)[C@H]1CC(=O)[C@@]2(C)C3=C(C(=O)C[C@]12C)[C@@]1(C)CC[C@H](O)C(C)(C)[C@@H]1CC3=O)C(=O)O. The van der Waals surface area contributed by atoms with E-state index in [0.717, 1.165) is 0 Å². The highest BCUT2D eigenvalue weighted by Gasteiger charge is 2.70. The van der Waals surface area contributed by atoms with Gasteiger partial charge in [0.15, 0.2) is 11.6 Å². The summed E-state index contributed by atoms with van der Waals surface area (Å²) in [5.41, 5.74) is -2.01.